The second-order valence-electron chi connectivity index (χ2n) is 5.07. The van der Waals surface area contributed by atoms with E-state index in [0.717, 1.165) is 6.42 Å². The van der Waals surface area contributed by atoms with E-state index >= 15 is 0 Å². The van der Waals surface area contributed by atoms with Gasteiger partial charge in [-0.15, -0.1) is 11.6 Å². The highest BCUT2D eigenvalue weighted by Crippen LogP contribution is 2.24. The molecule has 0 N–H and O–H groups in total. The summed E-state index contributed by atoms with van der Waals surface area (Å²) in [6.45, 7) is 9.04. The van der Waals surface area contributed by atoms with Gasteiger partial charge in [-0.25, -0.2) is 0 Å². The lowest BCUT2D eigenvalue weighted by molar-refractivity contribution is 0.642. The van der Waals surface area contributed by atoms with Crippen molar-refractivity contribution in [3.05, 3.63) is 34.9 Å². The van der Waals surface area contributed by atoms with Gasteiger partial charge < -0.3 is 0 Å². The Hall–Kier alpha value is -0.490. The van der Waals surface area contributed by atoms with Crippen LogP contribution in [0.5, 0.6) is 0 Å². The molecule has 0 aliphatic rings. The number of halogens is 1. The van der Waals surface area contributed by atoms with E-state index in [9.17, 15) is 0 Å². The minimum Gasteiger partial charge on any atom is -0.122 e. The van der Waals surface area contributed by atoms with Crippen LogP contribution in [0.3, 0.4) is 0 Å². The molecule has 0 aliphatic heterocycles. The van der Waals surface area contributed by atoms with E-state index in [1.165, 1.54) is 23.1 Å². The van der Waals surface area contributed by atoms with Gasteiger partial charge in [0.25, 0.3) is 0 Å². The van der Waals surface area contributed by atoms with Crippen LogP contribution >= 0.6 is 11.6 Å². The molecule has 1 heteroatoms. The average molecular weight is 239 g/mol. The maximum absolute atomic E-state index is 5.98. The van der Waals surface area contributed by atoms with E-state index in [1.54, 1.807) is 0 Å². The first-order chi connectivity index (χ1) is 7.58. The van der Waals surface area contributed by atoms with Crippen LogP contribution < -0.4 is 0 Å². The number of hydrogen-bond donors (Lipinski definition) is 0. The highest BCUT2D eigenvalue weighted by Gasteiger charge is 2.08. The molecule has 1 rings (SSSR count). The molecule has 0 aromatic heterocycles. The van der Waals surface area contributed by atoms with Crippen molar-refractivity contribution in [3.63, 3.8) is 0 Å². The Kier molecular flexibility index (Phi) is 5.34. The van der Waals surface area contributed by atoms with E-state index in [0.29, 0.717) is 17.7 Å². The summed E-state index contributed by atoms with van der Waals surface area (Å²) in [6.07, 6.45) is 2.33. The zero-order valence-corrected chi connectivity index (χ0v) is 11.6. The van der Waals surface area contributed by atoms with Crippen LogP contribution in [0, 0.1) is 5.92 Å². The normalized spacial score (nSPS) is 13.1. The molecular formula is C15H23Cl. The van der Waals surface area contributed by atoms with Crippen molar-refractivity contribution < 1.29 is 0 Å². The molecule has 1 aromatic carbocycles. The van der Waals surface area contributed by atoms with Crippen LogP contribution in [-0.2, 0) is 12.3 Å². The fourth-order valence-corrected chi connectivity index (χ4v) is 2.21. The van der Waals surface area contributed by atoms with Crippen molar-refractivity contribution in [2.45, 2.75) is 52.3 Å². The summed E-state index contributed by atoms with van der Waals surface area (Å²) >= 11 is 5.98. The third-order valence-electron chi connectivity index (χ3n) is 3.18. The largest absolute Gasteiger partial charge is 0.122 e. The van der Waals surface area contributed by atoms with Crippen molar-refractivity contribution in [2.75, 3.05) is 0 Å². The monoisotopic (exact) mass is 238 g/mol. The lowest BCUT2D eigenvalue weighted by atomic mass is 9.91. The molecule has 0 amide bonds. The van der Waals surface area contributed by atoms with Gasteiger partial charge in [-0.3, -0.25) is 0 Å². The maximum Gasteiger partial charge on any atom is 0.0476 e. The number of benzene rings is 1. The fraction of sp³-hybridized carbons (Fsp3) is 0.600. The average Bonchev–Trinajstić information content (AvgIpc) is 2.27. The summed E-state index contributed by atoms with van der Waals surface area (Å²) in [5, 5.41) is 0. The van der Waals surface area contributed by atoms with E-state index in [4.69, 9.17) is 11.6 Å². The SMILES string of the molecule is CCC(C)c1ccc(CCl)c(CC(C)C)c1. The minimum absolute atomic E-state index is 0.628. The summed E-state index contributed by atoms with van der Waals surface area (Å²) in [5.74, 6) is 1.97. The van der Waals surface area contributed by atoms with E-state index < -0.39 is 0 Å². The molecule has 0 fully saturated rings. The van der Waals surface area contributed by atoms with Crippen LogP contribution in [0.4, 0.5) is 0 Å². The first-order valence-corrected chi connectivity index (χ1v) is 6.79. The van der Waals surface area contributed by atoms with E-state index in [1.807, 2.05) is 0 Å². The Morgan fingerprint density at radius 1 is 1.12 bits per heavy atom. The maximum atomic E-state index is 5.98. The van der Waals surface area contributed by atoms with Crippen molar-refractivity contribution in [3.8, 4) is 0 Å². The number of alkyl halides is 1. The Morgan fingerprint density at radius 2 is 1.81 bits per heavy atom. The zero-order valence-electron chi connectivity index (χ0n) is 10.9. The van der Waals surface area contributed by atoms with Crippen LogP contribution in [0.1, 0.15) is 56.7 Å². The Morgan fingerprint density at radius 3 is 2.31 bits per heavy atom. The summed E-state index contributed by atoms with van der Waals surface area (Å²) in [7, 11) is 0. The second-order valence-corrected chi connectivity index (χ2v) is 5.34. The van der Waals surface area contributed by atoms with Crippen molar-refractivity contribution in [1.29, 1.82) is 0 Å². The number of hydrogen-bond acceptors (Lipinski definition) is 0. The molecule has 0 aliphatic carbocycles. The van der Waals surface area contributed by atoms with Crippen LogP contribution in [0.25, 0.3) is 0 Å². The molecule has 0 saturated carbocycles. The first-order valence-electron chi connectivity index (χ1n) is 6.26. The third kappa shape index (κ3) is 3.52. The summed E-state index contributed by atoms with van der Waals surface area (Å²) in [6, 6.07) is 6.79. The predicted molar refractivity (Wildman–Crippen MR) is 73.2 cm³/mol. The first kappa shape index (κ1) is 13.6. The highest BCUT2D eigenvalue weighted by molar-refractivity contribution is 6.17. The van der Waals surface area contributed by atoms with Gasteiger partial charge in [0.15, 0.2) is 0 Å². The molecule has 0 saturated heterocycles. The van der Waals surface area contributed by atoms with E-state index in [2.05, 4.69) is 45.9 Å². The lowest BCUT2D eigenvalue weighted by Crippen LogP contribution is -2.01. The molecule has 0 spiro atoms. The Labute approximate surface area is 105 Å². The van der Waals surface area contributed by atoms with E-state index in [-0.39, 0.29) is 0 Å². The van der Waals surface area contributed by atoms with Crippen molar-refractivity contribution in [1.82, 2.24) is 0 Å². The topological polar surface area (TPSA) is 0 Å². The fourth-order valence-electron chi connectivity index (χ4n) is 1.95. The minimum atomic E-state index is 0.628. The van der Waals surface area contributed by atoms with Gasteiger partial charge in [0.05, 0.1) is 0 Å². The van der Waals surface area contributed by atoms with Gasteiger partial charge in [0, 0.05) is 5.88 Å². The zero-order chi connectivity index (χ0) is 12.1. The Bertz CT molecular complexity index is 328. The van der Waals surface area contributed by atoms with Crippen LogP contribution in [-0.4, -0.2) is 0 Å². The van der Waals surface area contributed by atoms with Crippen LogP contribution in [0.2, 0.25) is 0 Å². The van der Waals surface area contributed by atoms with Gasteiger partial charge in [-0.05, 0) is 41.4 Å². The van der Waals surface area contributed by atoms with Crippen LogP contribution in [0.15, 0.2) is 18.2 Å². The molecule has 0 nitrogen and oxygen atoms in total. The smallest absolute Gasteiger partial charge is 0.0476 e. The molecule has 16 heavy (non-hydrogen) atoms. The molecule has 0 bridgehead atoms. The third-order valence-corrected chi connectivity index (χ3v) is 3.47. The molecule has 90 valence electrons. The summed E-state index contributed by atoms with van der Waals surface area (Å²) in [4.78, 5) is 0. The van der Waals surface area contributed by atoms with Gasteiger partial charge in [-0.1, -0.05) is 45.9 Å². The molecule has 1 unspecified atom stereocenters. The van der Waals surface area contributed by atoms with Gasteiger partial charge in [0.2, 0.25) is 0 Å². The Balaban J connectivity index is 3.00. The molecule has 1 atom stereocenters. The van der Waals surface area contributed by atoms with Crippen molar-refractivity contribution in [2.24, 2.45) is 5.92 Å². The molecular weight excluding hydrogens is 216 g/mol. The predicted octanol–water partition coefficient (Wildman–Crippen LogP) is 5.14. The standard InChI is InChI=1S/C15H23Cl/c1-5-12(4)13-6-7-14(10-16)15(9-13)8-11(2)3/h6-7,9,11-12H,5,8,10H2,1-4H3. The lowest BCUT2D eigenvalue weighted by Gasteiger charge is -2.15. The van der Waals surface area contributed by atoms with Gasteiger partial charge in [0.1, 0.15) is 0 Å². The van der Waals surface area contributed by atoms with Gasteiger partial charge >= 0.3 is 0 Å². The number of rotatable bonds is 5. The molecule has 0 heterocycles. The van der Waals surface area contributed by atoms with Crippen molar-refractivity contribution >= 4 is 11.6 Å². The summed E-state index contributed by atoms with van der Waals surface area (Å²) in [5.41, 5.74) is 4.18. The quantitative estimate of drug-likeness (QED) is 0.624. The summed E-state index contributed by atoms with van der Waals surface area (Å²) < 4.78 is 0. The highest BCUT2D eigenvalue weighted by atomic mass is 35.5. The second kappa shape index (κ2) is 6.30. The molecule has 1 aromatic rings. The molecule has 0 radical (unpaired) electrons. The van der Waals surface area contributed by atoms with Gasteiger partial charge in [-0.2, -0.15) is 0 Å².